The van der Waals surface area contributed by atoms with Crippen LogP contribution in [0.3, 0.4) is 0 Å². The fourth-order valence-corrected chi connectivity index (χ4v) is 1.41. The van der Waals surface area contributed by atoms with Crippen molar-refractivity contribution in [1.82, 2.24) is 19.5 Å². The summed E-state index contributed by atoms with van der Waals surface area (Å²) in [7, 11) is 0. The summed E-state index contributed by atoms with van der Waals surface area (Å²) in [6.45, 7) is 5.82. The van der Waals surface area contributed by atoms with Gasteiger partial charge in [-0.2, -0.15) is 0 Å². The lowest BCUT2D eigenvalue weighted by Gasteiger charge is -2.06. The first-order valence-corrected chi connectivity index (χ1v) is 4.53. The van der Waals surface area contributed by atoms with Crippen LogP contribution in [-0.4, -0.2) is 19.5 Å². The van der Waals surface area contributed by atoms with Gasteiger partial charge in [0.2, 0.25) is 0 Å². The Labute approximate surface area is 88.2 Å². The Bertz CT molecular complexity index is 524. The van der Waals surface area contributed by atoms with Crippen LogP contribution in [0.5, 0.6) is 0 Å². The maximum atomic E-state index is 11.5. The number of imidazole rings is 1. The van der Waals surface area contributed by atoms with Gasteiger partial charge in [0.1, 0.15) is 5.82 Å². The minimum absolute atomic E-state index is 0. The molecule has 0 aliphatic rings. The summed E-state index contributed by atoms with van der Waals surface area (Å²) in [5.41, 5.74) is 0.887. The number of aromatic amines is 1. The van der Waals surface area contributed by atoms with Crippen molar-refractivity contribution >= 4 is 11.2 Å². The van der Waals surface area contributed by atoms with Crippen molar-refractivity contribution in [1.29, 1.82) is 0 Å². The van der Waals surface area contributed by atoms with Crippen LogP contribution in [0.4, 0.5) is 0 Å². The number of rotatable bonds is 1. The van der Waals surface area contributed by atoms with Gasteiger partial charge >= 0.3 is 0 Å². The van der Waals surface area contributed by atoms with Gasteiger partial charge in [0, 0.05) is 6.04 Å². The SMILES string of the molecule is C.Cc1nc2c(ncn2C(C)C)c(=O)[nH]1. The van der Waals surface area contributed by atoms with Gasteiger partial charge in [-0.1, -0.05) is 7.43 Å². The van der Waals surface area contributed by atoms with E-state index >= 15 is 0 Å². The molecule has 2 aromatic rings. The smallest absolute Gasteiger partial charge is 0.279 e. The van der Waals surface area contributed by atoms with E-state index in [4.69, 9.17) is 0 Å². The van der Waals surface area contributed by atoms with E-state index in [9.17, 15) is 4.79 Å². The molecule has 0 bridgehead atoms. The van der Waals surface area contributed by atoms with Gasteiger partial charge in [-0.05, 0) is 20.8 Å². The maximum absolute atomic E-state index is 11.5. The molecule has 0 aliphatic carbocycles. The number of H-pyrrole nitrogens is 1. The zero-order valence-electron chi connectivity index (χ0n) is 8.40. The topological polar surface area (TPSA) is 63.6 Å². The van der Waals surface area contributed by atoms with Crippen molar-refractivity contribution in [2.45, 2.75) is 34.2 Å². The lowest BCUT2D eigenvalue weighted by atomic mass is 10.4. The van der Waals surface area contributed by atoms with E-state index in [0.29, 0.717) is 17.0 Å². The summed E-state index contributed by atoms with van der Waals surface area (Å²) >= 11 is 0. The first-order chi connectivity index (χ1) is 6.59. The van der Waals surface area contributed by atoms with Crippen LogP contribution in [0.15, 0.2) is 11.1 Å². The second-order valence-electron chi connectivity index (χ2n) is 3.57. The van der Waals surface area contributed by atoms with Crippen molar-refractivity contribution < 1.29 is 0 Å². The lowest BCUT2D eigenvalue weighted by Crippen LogP contribution is -2.11. The number of nitrogens with one attached hydrogen (secondary N) is 1. The molecule has 0 saturated heterocycles. The van der Waals surface area contributed by atoms with Crippen molar-refractivity contribution in [3.63, 3.8) is 0 Å². The molecule has 2 rings (SSSR count). The van der Waals surface area contributed by atoms with Crippen LogP contribution < -0.4 is 5.56 Å². The van der Waals surface area contributed by atoms with Gasteiger partial charge in [0.25, 0.3) is 5.56 Å². The molecule has 15 heavy (non-hydrogen) atoms. The Morgan fingerprint density at radius 2 is 2.13 bits per heavy atom. The molecule has 0 saturated carbocycles. The second kappa shape index (κ2) is 3.84. The molecule has 0 fully saturated rings. The Morgan fingerprint density at radius 1 is 1.47 bits per heavy atom. The van der Waals surface area contributed by atoms with Gasteiger partial charge in [0.15, 0.2) is 11.2 Å². The lowest BCUT2D eigenvalue weighted by molar-refractivity contribution is 0.612. The van der Waals surface area contributed by atoms with Gasteiger partial charge < -0.3 is 9.55 Å². The molecule has 0 aliphatic heterocycles. The third-order valence-corrected chi connectivity index (χ3v) is 2.11. The molecule has 0 spiro atoms. The highest BCUT2D eigenvalue weighted by Gasteiger charge is 2.09. The molecule has 0 unspecified atom stereocenters. The summed E-state index contributed by atoms with van der Waals surface area (Å²) in [4.78, 5) is 22.4. The molecule has 5 nitrogen and oxygen atoms in total. The molecule has 1 N–H and O–H groups in total. The van der Waals surface area contributed by atoms with E-state index in [0.717, 1.165) is 0 Å². The fourth-order valence-electron chi connectivity index (χ4n) is 1.41. The van der Waals surface area contributed by atoms with Gasteiger partial charge in [0.05, 0.1) is 6.33 Å². The standard InChI is InChI=1S/C9H12N4O.CH4/c1-5(2)13-4-10-7-8(13)11-6(3)12-9(7)14;/h4-5H,1-3H3,(H,11,12,14);1H4. The fraction of sp³-hybridized carbons (Fsp3) is 0.500. The van der Waals surface area contributed by atoms with E-state index in [1.807, 2.05) is 18.4 Å². The number of aryl methyl sites for hydroxylation is 1. The molecule has 2 heterocycles. The highest BCUT2D eigenvalue weighted by atomic mass is 16.1. The Morgan fingerprint density at radius 3 is 2.73 bits per heavy atom. The van der Waals surface area contributed by atoms with Crippen molar-refractivity contribution in [2.24, 2.45) is 0 Å². The molecule has 0 aromatic carbocycles. The highest BCUT2D eigenvalue weighted by molar-refractivity contribution is 5.69. The number of nitrogens with zero attached hydrogens (tertiary/aromatic N) is 3. The monoisotopic (exact) mass is 208 g/mol. The van der Waals surface area contributed by atoms with E-state index in [1.54, 1.807) is 13.3 Å². The van der Waals surface area contributed by atoms with Crippen molar-refractivity contribution in [3.05, 3.63) is 22.5 Å². The number of hydrogen-bond donors (Lipinski definition) is 1. The quantitative estimate of drug-likeness (QED) is 0.775. The summed E-state index contributed by atoms with van der Waals surface area (Å²) in [6, 6.07) is 0.258. The highest BCUT2D eigenvalue weighted by Crippen LogP contribution is 2.11. The van der Waals surface area contributed by atoms with Crippen LogP contribution in [0, 0.1) is 6.92 Å². The van der Waals surface area contributed by atoms with Crippen LogP contribution in [-0.2, 0) is 0 Å². The normalized spacial score (nSPS) is 10.7. The second-order valence-corrected chi connectivity index (χ2v) is 3.57. The minimum atomic E-state index is -0.174. The molecule has 0 amide bonds. The Hall–Kier alpha value is -1.65. The van der Waals surface area contributed by atoms with Gasteiger partial charge in [-0.15, -0.1) is 0 Å². The van der Waals surface area contributed by atoms with E-state index in [2.05, 4.69) is 15.0 Å². The first kappa shape index (κ1) is 11.4. The van der Waals surface area contributed by atoms with E-state index < -0.39 is 0 Å². The molecular weight excluding hydrogens is 192 g/mol. The number of fused-ring (bicyclic) bond motifs is 1. The molecule has 0 radical (unpaired) electrons. The maximum Gasteiger partial charge on any atom is 0.279 e. The van der Waals surface area contributed by atoms with Crippen LogP contribution in [0.25, 0.3) is 11.2 Å². The third kappa shape index (κ3) is 1.77. The number of hydrogen-bond acceptors (Lipinski definition) is 3. The first-order valence-electron chi connectivity index (χ1n) is 4.53. The average molecular weight is 208 g/mol. The predicted molar refractivity (Wildman–Crippen MR) is 60.0 cm³/mol. The summed E-state index contributed by atoms with van der Waals surface area (Å²) in [6.07, 6.45) is 1.65. The van der Waals surface area contributed by atoms with Crippen LogP contribution >= 0.6 is 0 Å². The van der Waals surface area contributed by atoms with Crippen LogP contribution in [0.2, 0.25) is 0 Å². The Balaban J connectivity index is 0.00000112. The molecule has 2 aromatic heterocycles. The average Bonchev–Trinajstić information content (AvgIpc) is 2.47. The van der Waals surface area contributed by atoms with Crippen molar-refractivity contribution in [3.8, 4) is 0 Å². The van der Waals surface area contributed by atoms with Crippen molar-refractivity contribution in [2.75, 3.05) is 0 Å². The van der Waals surface area contributed by atoms with E-state index in [1.165, 1.54) is 0 Å². The predicted octanol–water partition coefficient (Wildman–Crippen LogP) is 1.65. The van der Waals surface area contributed by atoms with Gasteiger partial charge in [-0.25, -0.2) is 9.97 Å². The largest absolute Gasteiger partial charge is 0.313 e. The minimum Gasteiger partial charge on any atom is -0.313 e. The third-order valence-electron chi connectivity index (χ3n) is 2.11. The van der Waals surface area contributed by atoms with E-state index in [-0.39, 0.29) is 19.0 Å². The zero-order valence-corrected chi connectivity index (χ0v) is 8.40. The Kier molecular flexibility index (Phi) is 2.93. The molecule has 5 heteroatoms. The molecular formula is C10H16N4O. The summed E-state index contributed by atoms with van der Waals surface area (Å²) in [5, 5.41) is 0. The zero-order chi connectivity index (χ0) is 10.3. The summed E-state index contributed by atoms with van der Waals surface area (Å²) in [5.74, 6) is 0.616. The van der Waals surface area contributed by atoms with Gasteiger partial charge in [-0.3, -0.25) is 4.79 Å². The van der Waals surface area contributed by atoms with Crippen LogP contribution in [0.1, 0.15) is 33.1 Å². The number of aromatic nitrogens is 4. The summed E-state index contributed by atoms with van der Waals surface area (Å²) < 4.78 is 1.89. The molecule has 82 valence electrons. The molecule has 0 atom stereocenters.